The van der Waals surface area contributed by atoms with E-state index < -0.39 is 46.1 Å². The first kappa shape index (κ1) is 28.4. The van der Waals surface area contributed by atoms with E-state index in [1.807, 2.05) is 24.3 Å². The van der Waals surface area contributed by atoms with Crippen LogP contribution in [0.1, 0.15) is 17.2 Å². The number of imide groups is 1. The predicted molar refractivity (Wildman–Crippen MR) is 158 cm³/mol. The Morgan fingerprint density at radius 1 is 1.09 bits per heavy atom. The average molecular weight is 649 g/mol. The molecule has 12 nitrogen and oxygen atoms in total. The number of aromatic amines is 1. The van der Waals surface area contributed by atoms with Crippen LogP contribution in [0, 0.1) is 22.0 Å². The molecule has 3 N–H and O–H groups in total. The third-order valence-corrected chi connectivity index (χ3v) is 8.88. The summed E-state index contributed by atoms with van der Waals surface area (Å²) in [5.41, 5.74) is -0.299. The first-order valence-corrected chi connectivity index (χ1v) is 14.0. The molecule has 3 aromatic carbocycles. The number of carboxylic acid groups (broad SMARTS) is 1. The summed E-state index contributed by atoms with van der Waals surface area (Å²) >= 11 is 3.47. The third kappa shape index (κ3) is 4.34. The Kier molecular flexibility index (Phi) is 6.93. The Morgan fingerprint density at radius 2 is 1.86 bits per heavy atom. The highest BCUT2D eigenvalue weighted by Gasteiger charge is 2.68. The minimum absolute atomic E-state index is 0.00257. The zero-order chi connectivity index (χ0) is 30.6. The summed E-state index contributed by atoms with van der Waals surface area (Å²) < 4.78 is 11.4. The monoisotopic (exact) mass is 648 g/mol. The van der Waals surface area contributed by atoms with Gasteiger partial charge in [0.05, 0.1) is 41.1 Å². The van der Waals surface area contributed by atoms with E-state index in [0.29, 0.717) is 27.1 Å². The van der Waals surface area contributed by atoms with Crippen LogP contribution in [0.3, 0.4) is 0 Å². The van der Waals surface area contributed by atoms with E-state index in [1.165, 1.54) is 32.4 Å². The van der Waals surface area contributed by atoms with E-state index in [0.717, 1.165) is 21.9 Å². The van der Waals surface area contributed by atoms with Crippen molar-refractivity contribution in [2.45, 2.75) is 18.0 Å². The van der Waals surface area contributed by atoms with Gasteiger partial charge < -0.3 is 19.6 Å². The second kappa shape index (κ2) is 10.5. The fourth-order valence-electron chi connectivity index (χ4n) is 6.42. The van der Waals surface area contributed by atoms with Gasteiger partial charge in [-0.3, -0.25) is 29.8 Å². The normalized spacial score (nSPS) is 23.0. The number of fused-ring (bicyclic) bond motifs is 2. The SMILES string of the molecule is COc1cc(C2NC(Cc3c[nH]c4ccccc34)(C(=O)O)C3C(=O)N(c4cccc([N+](=O)[O-])c4)C(=O)C23)cc(Br)c1OC. The number of nitro groups is 1. The van der Waals surface area contributed by atoms with Crippen molar-refractivity contribution in [1.29, 1.82) is 0 Å². The minimum Gasteiger partial charge on any atom is -0.493 e. The molecule has 1 aromatic heterocycles. The molecule has 2 fully saturated rings. The van der Waals surface area contributed by atoms with Gasteiger partial charge in [-0.2, -0.15) is 0 Å². The van der Waals surface area contributed by atoms with Crippen molar-refractivity contribution in [2.24, 2.45) is 11.8 Å². The number of anilines is 1. The van der Waals surface area contributed by atoms with Gasteiger partial charge in [-0.1, -0.05) is 24.3 Å². The van der Waals surface area contributed by atoms with Crippen LogP contribution in [0.4, 0.5) is 11.4 Å². The van der Waals surface area contributed by atoms with E-state index in [4.69, 9.17) is 9.47 Å². The first-order valence-electron chi connectivity index (χ1n) is 13.2. The molecule has 0 spiro atoms. The standard InChI is InChI=1S/C30H25BrN4O8/c1-42-22-11-15(10-20(31)26(22)43-2)25-23-24(28(37)34(27(23)36)17-6-5-7-18(12-17)35(40)41)30(33-25,29(38)39)13-16-14-32-21-9-4-3-8-19(16)21/h3-12,14,23-25,32-33H,13H2,1-2H3,(H,38,39). The quantitative estimate of drug-likeness (QED) is 0.143. The van der Waals surface area contributed by atoms with E-state index in [1.54, 1.807) is 18.3 Å². The molecule has 0 saturated carbocycles. The first-order chi connectivity index (χ1) is 20.6. The van der Waals surface area contributed by atoms with Crippen molar-refractivity contribution in [3.8, 4) is 11.5 Å². The number of carbonyl (C=O) groups excluding carboxylic acids is 2. The third-order valence-electron chi connectivity index (χ3n) is 8.29. The maximum absolute atomic E-state index is 14.2. The number of hydrogen-bond donors (Lipinski definition) is 3. The molecule has 3 heterocycles. The van der Waals surface area contributed by atoms with E-state index in [9.17, 15) is 29.6 Å². The Labute approximate surface area is 252 Å². The Morgan fingerprint density at radius 3 is 2.56 bits per heavy atom. The maximum atomic E-state index is 14.2. The van der Waals surface area contributed by atoms with Gasteiger partial charge in [-0.05, 0) is 51.3 Å². The number of benzene rings is 3. The zero-order valence-electron chi connectivity index (χ0n) is 22.9. The number of para-hydroxylation sites is 1. The van der Waals surface area contributed by atoms with Crippen LogP contribution in [0.5, 0.6) is 11.5 Å². The van der Waals surface area contributed by atoms with Crippen molar-refractivity contribution in [1.82, 2.24) is 10.3 Å². The van der Waals surface area contributed by atoms with Crippen molar-refractivity contribution < 1.29 is 33.9 Å². The second-order valence-electron chi connectivity index (χ2n) is 10.5. The molecule has 13 heteroatoms. The molecule has 0 bridgehead atoms. The van der Waals surface area contributed by atoms with Gasteiger partial charge in [0.25, 0.3) is 5.69 Å². The van der Waals surface area contributed by atoms with E-state index in [2.05, 4.69) is 26.2 Å². The second-order valence-corrected chi connectivity index (χ2v) is 11.3. The molecule has 220 valence electrons. The molecule has 2 amide bonds. The summed E-state index contributed by atoms with van der Waals surface area (Å²) in [6.45, 7) is 0. The Balaban J connectivity index is 1.54. The number of nitrogens with zero attached hydrogens (tertiary/aromatic N) is 2. The summed E-state index contributed by atoms with van der Waals surface area (Å²) in [5.74, 6) is -4.50. The number of nitrogens with one attached hydrogen (secondary N) is 2. The number of hydrogen-bond acceptors (Lipinski definition) is 8. The smallest absolute Gasteiger partial charge is 0.325 e. The van der Waals surface area contributed by atoms with Crippen LogP contribution in [0.2, 0.25) is 0 Å². The molecular formula is C30H25BrN4O8. The van der Waals surface area contributed by atoms with Gasteiger partial charge in [0.1, 0.15) is 5.54 Å². The van der Waals surface area contributed by atoms with Crippen LogP contribution in [0.25, 0.3) is 10.9 Å². The number of H-pyrrole nitrogens is 1. The topological polar surface area (TPSA) is 164 Å². The van der Waals surface area contributed by atoms with Gasteiger partial charge in [0, 0.05) is 41.7 Å². The van der Waals surface area contributed by atoms with E-state index >= 15 is 0 Å². The van der Waals surface area contributed by atoms with E-state index in [-0.39, 0.29) is 17.8 Å². The Bertz CT molecular complexity index is 1820. The number of halogens is 1. The van der Waals surface area contributed by atoms with Crippen molar-refractivity contribution >= 4 is 56.0 Å². The van der Waals surface area contributed by atoms with Gasteiger partial charge in [0.2, 0.25) is 11.8 Å². The predicted octanol–water partition coefficient (Wildman–Crippen LogP) is 4.37. The highest BCUT2D eigenvalue weighted by molar-refractivity contribution is 9.10. The molecule has 4 aromatic rings. The molecule has 43 heavy (non-hydrogen) atoms. The van der Waals surface area contributed by atoms with Crippen molar-refractivity contribution in [3.63, 3.8) is 0 Å². The summed E-state index contributed by atoms with van der Waals surface area (Å²) in [6, 6.07) is 14.9. The van der Waals surface area contributed by atoms with Gasteiger partial charge in [-0.25, -0.2) is 4.90 Å². The maximum Gasteiger partial charge on any atom is 0.325 e. The number of rotatable bonds is 8. The van der Waals surface area contributed by atoms with Crippen LogP contribution < -0.4 is 19.7 Å². The number of methoxy groups -OCH3 is 2. The lowest BCUT2D eigenvalue weighted by molar-refractivity contribution is -0.384. The minimum atomic E-state index is -1.91. The largest absolute Gasteiger partial charge is 0.493 e. The fourth-order valence-corrected chi connectivity index (χ4v) is 7.04. The van der Waals surface area contributed by atoms with Crippen molar-refractivity contribution in [2.75, 3.05) is 19.1 Å². The number of carboxylic acids is 1. The number of ether oxygens (including phenoxy) is 2. The number of nitro benzene ring substituents is 1. The molecular weight excluding hydrogens is 624 g/mol. The van der Waals surface area contributed by atoms with Crippen LogP contribution >= 0.6 is 15.9 Å². The highest BCUT2D eigenvalue weighted by Crippen LogP contribution is 2.52. The van der Waals surface area contributed by atoms with Gasteiger partial charge in [0.15, 0.2) is 11.5 Å². The van der Waals surface area contributed by atoms with Gasteiger partial charge >= 0.3 is 5.97 Å². The van der Waals surface area contributed by atoms with Gasteiger partial charge in [-0.15, -0.1) is 0 Å². The summed E-state index contributed by atoms with van der Waals surface area (Å²) in [7, 11) is 2.92. The molecule has 2 aliphatic heterocycles. The summed E-state index contributed by atoms with van der Waals surface area (Å²) in [5, 5.41) is 26.3. The molecule has 2 aliphatic rings. The fraction of sp³-hybridized carbons (Fsp3) is 0.233. The van der Waals surface area contributed by atoms with Crippen LogP contribution in [-0.4, -0.2) is 52.6 Å². The molecule has 0 aliphatic carbocycles. The number of carbonyl (C=O) groups is 3. The summed E-state index contributed by atoms with van der Waals surface area (Å²) in [6.07, 6.45) is 1.58. The average Bonchev–Trinajstić information content (AvgIpc) is 3.64. The van der Waals surface area contributed by atoms with Crippen LogP contribution in [-0.2, 0) is 20.8 Å². The number of non-ortho nitro benzene ring substituents is 1. The van der Waals surface area contributed by atoms with Crippen molar-refractivity contribution in [3.05, 3.63) is 92.6 Å². The zero-order valence-corrected chi connectivity index (χ0v) is 24.5. The lowest BCUT2D eigenvalue weighted by Gasteiger charge is -2.31. The highest BCUT2D eigenvalue weighted by atomic mass is 79.9. The number of aliphatic carboxylic acids is 1. The molecule has 4 unspecified atom stereocenters. The molecule has 4 atom stereocenters. The molecule has 0 radical (unpaired) electrons. The lowest BCUT2D eigenvalue weighted by Crippen LogP contribution is -2.57. The molecule has 2 saturated heterocycles. The number of aromatic nitrogens is 1. The molecule has 6 rings (SSSR count). The lowest BCUT2D eigenvalue weighted by atomic mass is 9.76. The Hall–Kier alpha value is -4.75. The van der Waals surface area contributed by atoms with Crippen LogP contribution in [0.15, 0.2) is 71.3 Å². The summed E-state index contributed by atoms with van der Waals surface area (Å²) in [4.78, 5) is 56.6. The number of amides is 2.